The maximum Gasteiger partial charge on any atom is 0.312 e. The van der Waals surface area contributed by atoms with Gasteiger partial charge in [-0.25, -0.2) is 4.39 Å². The SMILES string of the molecule is CC[C@@H](C(=N)C(=S)NCc1cccc(F)c1)C(=O)O. The fourth-order valence-corrected chi connectivity index (χ4v) is 1.80. The van der Waals surface area contributed by atoms with Crippen LogP contribution in [0.4, 0.5) is 4.39 Å². The quantitative estimate of drug-likeness (QED) is 0.553. The summed E-state index contributed by atoms with van der Waals surface area (Å²) in [6.07, 6.45) is 0.302. The molecule has 0 saturated carbocycles. The van der Waals surface area contributed by atoms with Crippen LogP contribution in [0.15, 0.2) is 24.3 Å². The molecule has 102 valence electrons. The summed E-state index contributed by atoms with van der Waals surface area (Å²) in [6, 6.07) is 5.98. The molecule has 1 aromatic carbocycles. The smallest absolute Gasteiger partial charge is 0.312 e. The van der Waals surface area contributed by atoms with E-state index in [1.54, 1.807) is 19.1 Å². The molecule has 0 radical (unpaired) electrons. The van der Waals surface area contributed by atoms with Gasteiger partial charge >= 0.3 is 5.97 Å². The molecule has 4 nitrogen and oxygen atoms in total. The number of carboxylic acid groups (broad SMARTS) is 1. The molecule has 6 heteroatoms. The highest BCUT2D eigenvalue weighted by Gasteiger charge is 2.23. The molecule has 0 amide bonds. The number of halogens is 1. The van der Waals surface area contributed by atoms with Gasteiger partial charge in [-0.05, 0) is 24.1 Å². The number of rotatable bonds is 6. The first-order chi connectivity index (χ1) is 8.95. The van der Waals surface area contributed by atoms with Gasteiger partial charge in [-0.3, -0.25) is 4.79 Å². The van der Waals surface area contributed by atoms with Crippen molar-refractivity contribution in [3.05, 3.63) is 35.6 Å². The zero-order valence-corrected chi connectivity index (χ0v) is 11.3. The first-order valence-electron chi connectivity index (χ1n) is 5.79. The average Bonchev–Trinajstić information content (AvgIpc) is 2.36. The van der Waals surface area contributed by atoms with Gasteiger partial charge in [-0.15, -0.1) is 0 Å². The predicted octanol–water partition coefficient (Wildman–Crippen LogP) is 2.37. The highest BCUT2D eigenvalue weighted by molar-refractivity contribution is 7.82. The number of aliphatic carboxylic acids is 1. The van der Waals surface area contributed by atoms with Crippen LogP contribution in [0.1, 0.15) is 18.9 Å². The lowest BCUT2D eigenvalue weighted by Gasteiger charge is -2.14. The number of benzene rings is 1. The Balaban J connectivity index is 2.60. The minimum absolute atomic E-state index is 0.0820. The number of nitrogens with one attached hydrogen (secondary N) is 2. The molecule has 19 heavy (non-hydrogen) atoms. The molecule has 0 bridgehead atoms. The van der Waals surface area contributed by atoms with Crippen molar-refractivity contribution in [2.24, 2.45) is 5.92 Å². The number of hydrogen-bond acceptors (Lipinski definition) is 3. The van der Waals surface area contributed by atoms with Gasteiger partial charge in [0.25, 0.3) is 0 Å². The van der Waals surface area contributed by atoms with Crippen molar-refractivity contribution >= 4 is 28.9 Å². The number of carbonyl (C=O) groups is 1. The molecule has 0 fully saturated rings. The van der Waals surface area contributed by atoms with Crippen LogP contribution >= 0.6 is 12.2 Å². The summed E-state index contributed by atoms with van der Waals surface area (Å²) in [6.45, 7) is 1.94. The van der Waals surface area contributed by atoms with E-state index in [9.17, 15) is 9.18 Å². The summed E-state index contributed by atoms with van der Waals surface area (Å²) >= 11 is 4.98. The van der Waals surface area contributed by atoms with Crippen LogP contribution in [0.5, 0.6) is 0 Å². The number of thiocarbonyl (C=S) groups is 1. The van der Waals surface area contributed by atoms with E-state index in [4.69, 9.17) is 22.7 Å². The van der Waals surface area contributed by atoms with E-state index >= 15 is 0 Å². The van der Waals surface area contributed by atoms with Gasteiger partial charge in [0, 0.05) is 6.54 Å². The van der Waals surface area contributed by atoms with Gasteiger partial charge in [0.15, 0.2) is 0 Å². The second-order valence-electron chi connectivity index (χ2n) is 4.03. The average molecular weight is 282 g/mol. The zero-order valence-electron chi connectivity index (χ0n) is 10.4. The van der Waals surface area contributed by atoms with Gasteiger partial charge < -0.3 is 15.8 Å². The van der Waals surface area contributed by atoms with E-state index in [1.807, 2.05) is 0 Å². The van der Waals surface area contributed by atoms with Crippen molar-refractivity contribution in [2.45, 2.75) is 19.9 Å². The Labute approximate surface area is 116 Å². The van der Waals surface area contributed by atoms with Crippen LogP contribution in [0.2, 0.25) is 0 Å². The van der Waals surface area contributed by atoms with E-state index in [2.05, 4.69) is 5.32 Å². The van der Waals surface area contributed by atoms with E-state index in [-0.39, 0.29) is 23.1 Å². The summed E-state index contributed by atoms with van der Waals surface area (Å²) < 4.78 is 13.0. The first-order valence-corrected chi connectivity index (χ1v) is 6.20. The van der Waals surface area contributed by atoms with Gasteiger partial charge in [0.05, 0.1) is 5.71 Å². The predicted molar refractivity (Wildman–Crippen MR) is 75.0 cm³/mol. The van der Waals surface area contributed by atoms with E-state index < -0.39 is 11.9 Å². The summed E-state index contributed by atoms with van der Waals surface area (Å²) in [4.78, 5) is 11.0. The van der Waals surface area contributed by atoms with Crippen LogP contribution in [-0.2, 0) is 11.3 Å². The molecular weight excluding hydrogens is 267 g/mol. The Morgan fingerprint density at radius 3 is 2.79 bits per heavy atom. The van der Waals surface area contributed by atoms with E-state index in [1.165, 1.54) is 12.1 Å². The summed E-state index contributed by atoms with van der Waals surface area (Å²) in [5, 5.41) is 19.4. The van der Waals surface area contributed by atoms with Gasteiger partial charge in [0.1, 0.15) is 16.7 Å². The van der Waals surface area contributed by atoms with Crippen molar-refractivity contribution in [1.82, 2.24) is 5.32 Å². The molecule has 0 aliphatic rings. The van der Waals surface area contributed by atoms with E-state index in [0.717, 1.165) is 0 Å². The minimum Gasteiger partial charge on any atom is -0.481 e. The molecule has 0 unspecified atom stereocenters. The molecule has 0 spiro atoms. The topological polar surface area (TPSA) is 73.2 Å². The lowest BCUT2D eigenvalue weighted by molar-refractivity contribution is -0.139. The highest BCUT2D eigenvalue weighted by atomic mass is 32.1. The first kappa shape index (κ1) is 15.2. The standard InChI is InChI=1S/C13H15FN2O2S/c1-2-10(13(17)18)11(15)12(19)16-7-8-4-3-5-9(14)6-8/h3-6,10,15H,2,7H2,1H3,(H,16,19)(H,17,18)/t10-/m0/s1. The van der Waals surface area contributed by atoms with Crippen LogP contribution in [0, 0.1) is 17.1 Å². The van der Waals surface area contributed by atoms with Gasteiger partial charge in [-0.2, -0.15) is 0 Å². The van der Waals surface area contributed by atoms with Crippen LogP contribution in [-0.4, -0.2) is 21.8 Å². The maximum atomic E-state index is 13.0. The molecule has 1 rings (SSSR count). The highest BCUT2D eigenvalue weighted by Crippen LogP contribution is 2.07. The molecule has 0 heterocycles. The fraction of sp³-hybridized carbons (Fsp3) is 0.308. The third-order valence-corrected chi connectivity index (χ3v) is 3.01. The molecule has 3 N–H and O–H groups in total. The Morgan fingerprint density at radius 1 is 1.58 bits per heavy atom. The van der Waals surface area contributed by atoms with Crippen molar-refractivity contribution in [3.8, 4) is 0 Å². The van der Waals surface area contributed by atoms with Crippen molar-refractivity contribution in [3.63, 3.8) is 0 Å². The normalized spacial score (nSPS) is 11.7. The zero-order chi connectivity index (χ0) is 14.4. The second-order valence-corrected chi connectivity index (χ2v) is 4.43. The van der Waals surface area contributed by atoms with Crippen LogP contribution < -0.4 is 5.32 Å². The van der Waals surface area contributed by atoms with Crippen molar-refractivity contribution in [2.75, 3.05) is 0 Å². The van der Waals surface area contributed by atoms with Crippen LogP contribution in [0.25, 0.3) is 0 Å². The monoisotopic (exact) mass is 282 g/mol. The molecule has 0 aromatic heterocycles. The molecule has 0 saturated heterocycles. The third kappa shape index (κ3) is 4.40. The molecule has 0 aliphatic heterocycles. The Kier molecular flexibility index (Phi) is 5.57. The third-order valence-electron chi connectivity index (χ3n) is 2.64. The maximum absolute atomic E-state index is 13.0. The summed E-state index contributed by atoms with van der Waals surface area (Å²) in [5.41, 5.74) is 0.555. The molecular formula is C13H15FN2O2S. The van der Waals surface area contributed by atoms with Crippen LogP contribution in [0.3, 0.4) is 0 Å². The lowest BCUT2D eigenvalue weighted by atomic mass is 10.0. The van der Waals surface area contributed by atoms with Gasteiger partial charge in [0.2, 0.25) is 0 Å². The fourth-order valence-electron chi connectivity index (χ4n) is 1.58. The lowest BCUT2D eigenvalue weighted by Crippen LogP contribution is -2.36. The number of carboxylic acids is 1. The van der Waals surface area contributed by atoms with E-state index in [0.29, 0.717) is 12.0 Å². The Morgan fingerprint density at radius 2 is 2.26 bits per heavy atom. The Bertz CT molecular complexity index is 505. The summed E-state index contributed by atoms with van der Waals surface area (Å²) in [5.74, 6) is -2.33. The van der Waals surface area contributed by atoms with Crippen molar-refractivity contribution in [1.29, 1.82) is 5.41 Å². The summed E-state index contributed by atoms with van der Waals surface area (Å²) in [7, 11) is 0. The number of hydrogen-bond donors (Lipinski definition) is 3. The largest absolute Gasteiger partial charge is 0.481 e. The molecule has 1 aromatic rings. The second kappa shape index (κ2) is 6.94. The molecule has 0 aliphatic carbocycles. The molecule has 1 atom stereocenters. The Hall–Kier alpha value is -1.82. The van der Waals surface area contributed by atoms with Gasteiger partial charge in [-0.1, -0.05) is 31.3 Å². The van der Waals surface area contributed by atoms with Crippen molar-refractivity contribution < 1.29 is 14.3 Å². The minimum atomic E-state index is -1.07.